The minimum Gasteiger partial charge on any atom is -0.476 e. The summed E-state index contributed by atoms with van der Waals surface area (Å²) in [6, 6.07) is -1.34. The Hall–Kier alpha value is -2.28. The van der Waals surface area contributed by atoms with Crippen molar-refractivity contribution in [3.8, 4) is 0 Å². The van der Waals surface area contributed by atoms with E-state index >= 15 is 0 Å². The van der Waals surface area contributed by atoms with Crippen molar-refractivity contribution in [3.05, 3.63) is 0 Å². The number of rotatable bonds is 7. The van der Waals surface area contributed by atoms with Crippen molar-refractivity contribution >= 4 is 23.8 Å². The smallest absolute Gasteiger partial charge is 0.377 e. The molecule has 0 aliphatic carbocycles. The van der Waals surface area contributed by atoms with E-state index in [0.29, 0.717) is 0 Å². The summed E-state index contributed by atoms with van der Waals surface area (Å²) in [5, 5.41) is 41.4. The second-order valence-electron chi connectivity index (χ2n) is 6.06. The highest BCUT2D eigenvalue weighted by atomic mass is 16.7. The van der Waals surface area contributed by atoms with Gasteiger partial charge < -0.3 is 40.0 Å². The fourth-order valence-electron chi connectivity index (χ4n) is 2.79. The van der Waals surface area contributed by atoms with Gasteiger partial charge in [0, 0.05) is 20.8 Å². The molecule has 1 fully saturated rings. The number of carbonyl (C=O) groups is 4. The molecule has 1 aliphatic rings. The molecule has 0 radical (unpaired) electrons. The number of hydrogen-bond donors (Lipinski definition) is 5. The predicted octanol–water partition coefficient (Wildman–Crippen LogP) is -2.73. The molecule has 1 rings (SSSR count). The molecule has 0 aromatic carbocycles. The van der Waals surface area contributed by atoms with Gasteiger partial charge in [0.15, 0.2) is 6.10 Å². The van der Waals surface area contributed by atoms with Crippen LogP contribution in [0.1, 0.15) is 27.2 Å². The minimum atomic E-state index is -2.65. The van der Waals surface area contributed by atoms with Crippen LogP contribution in [0.4, 0.5) is 0 Å². The predicted molar refractivity (Wildman–Crippen MR) is 83.9 cm³/mol. The first kappa shape index (κ1) is 22.8. The Morgan fingerprint density at radius 1 is 1.22 bits per heavy atom. The zero-order chi connectivity index (χ0) is 20.9. The monoisotopic (exact) mass is 393 g/mol. The van der Waals surface area contributed by atoms with Crippen LogP contribution in [0.3, 0.4) is 0 Å². The molecule has 0 saturated carbocycles. The number of carbonyl (C=O) groups excluding carboxylic acids is 3. The van der Waals surface area contributed by atoms with Crippen LogP contribution < -0.4 is 5.32 Å². The van der Waals surface area contributed by atoms with Crippen LogP contribution in [-0.2, 0) is 33.4 Å². The summed E-state index contributed by atoms with van der Waals surface area (Å²) in [4.78, 5) is 45.9. The van der Waals surface area contributed by atoms with E-state index in [1.54, 1.807) is 0 Å². The van der Waals surface area contributed by atoms with Gasteiger partial charge in [0.1, 0.15) is 12.2 Å². The molecule has 1 amide bonds. The highest BCUT2D eigenvalue weighted by Crippen LogP contribution is 2.34. The van der Waals surface area contributed by atoms with Crippen molar-refractivity contribution in [2.24, 2.45) is 0 Å². The first-order valence-electron chi connectivity index (χ1n) is 7.95. The standard InChI is InChI=1S/C15H23NO11/c1-6(18)16-11-9(21)4-15(14(23)24,26-8(3)20)27-13(11)12(10(22)5-17)25-7(2)19/h9-13,17,21-22H,4-5H2,1-3H3,(H,16,18)(H,23,24)/t9-,10+,11+,12+,13+,15-/m0/s1. The molecule has 0 aromatic rings. The summed E-state index contributed by atoms with van der Waals surface area (Å²) in [5.41, 5.74) is 0. The Bertz CT molecular complexity index is 594. The van der Waals surface area contributed by atoms with E-state index < -0.39 is 73.1 Å². The maximum atomic E-state index is 11.7. The van der Waals surface area contributed by atoms with Crippen LogP contribution in [0.25, 0.3) is 0 Å². The highest BCUT2D eigenvalue weighted by molar-refractivity contribution is 5.80. The van der Waals surface area contributed by atoms with Gasteiger partial charge >= 0.3 is 23.7 Å². The van der Waals surface area contributed by atoms with Crippen molar-refractivity contribution in [3.63, 3.8) is 0 Å². The first-order valence-corrected chi connectivity index (χ1v) is 7.95. The third-order valence-electron chi connectivity index (χ3n) is 3.77. The van der Waals surface area contributed by atoms with Crippen LogP contribution in [0.5, 0.6) is 0 Å². The van der Waals surface area contributed by atoms with Gasteiger partial charge in [-0.1, -0.05) is 0 Å². The van der Waals surface area contributed by atoms with E-state index in [9.17, 15) is 39.6 Å². The number of nitrogens with one attached hydrogen (secondary N) is 1. The third-order valence-corrected chi connectivity index (χ3v) is 3.77. The molecule has 0 bridgehead atoms. The number of esters is 2. The fraction of sp³-hybridized carbons (Fsp3) is 0.733. The largest absolute Gasteiger partial charge is 0.476 e. The second-order valence-corrected chi connectivity index (χ2v) is 6.06. The number of aliphatic hydroxyl groups is 3. The normalized spacial score (nSPS) is 29.9. The Labute approximate surface area is 154 Å². The van der Waals surface area contributed by atoms with Crippen LogP contribution in [0.15, 0.2) is 0 Å². The number of aliphatic hydroxyl groups excluding tert-OH is 3. The second kappa shape index (κ2) is 9.08. The Morgan fingerprint density at radius 3 is 2.22 bits per heavy atom. The number of carboxylic acids is 1. The number of aliphatic carboxylic acids is 1. The molecular weight excluding hydrogens is 370 g/mol. The lowest BCUT2D eigenvalue weighted by Gasteiger charge is -2.46. The van der Waals surface area contributed by atoms with Gasteiger partial charge in [-0.05, 0) is 0 Å². The molecule has 12 heteroatoms. The minimum absolute atomic E-state index is 0.636. The van der Waals surface area contributed by atoms with Gasteiger partial charge in [0.25, 0.3) is 0 Å². The van der Waals surface area contributed by atoms with Gasteiger partial charge in [-0.25, -0.2) is 4.79 Å². The molecular formula is C15H23NO11. The quantitative estimate of drug-likeness (QED) is 0.282. The van der Waals surface area contributed by atoms with Crippen molar-refractivity contribution in [1.82, 2.24) is 5.32 Å². The first-order chi connectivity index (χ1) is 12.4. The maximum absolute atomic E-state index is 11.7. The molecule has 1 saturated heterocycles. The van der Waals surface area contributed by atoms with Crippen LogP contribution in [0, 0.1) is 0 Å². The van der Waals surface area contributed by atoms with Crippen molar-refractivity contribution in [2.75, 3.05) is 6.61 Å². The van der Waals surface area contributed by atoms with Crippen LogP contribution >= 0.6 is 0 Å². The average molecular weight is 393 g/mol. The van der Waals surface area contributed by atoms with E-state index in [1.807, 2.05) is 0 Å². The molecule has 0 unspecified atom stereocenters. The summed E-state index contributed by atoms with van der Waals surface area (Å²) < 4.78 is 15.0. The summed E-state index contributed by atoms with van der Waals surface area (Å²) in [5.74, 6) is -7.00. The lowest BCUT2D eigenvalue weighted by molar-refractivity contribution is -0.301. The van der Waals surface area contributed by atoms with Crippen molar-refractivity contribution in [2.45, 2.75) is 63.4 Å². The van der Waals surface area contributed by atoms with E-state index in [4.69, 9.17) is 14.2 Å². The van der Waals surface area contributed by atoms with Crippen LogP contribution in [0.2, 0.25) is 0 Å². The van der Waals surface area contributed by atoms with Crippen LogP contribution in [-0.4, -0.2) is 87.1 Å². The Morgan fingerprint density at radius 2 is 1.81 bits per heavy atom. The Balaban J connectivity index is 3.41. The van der Waals surface area contributed by atoms with Gasteiger partial charge in [-0.2, -0.15) is 0 Å². The van der Waals surface area contributed by atoms with E-state index in [2.05, 4.69) is 5.32 Å². The number of ether oxygens (including phenoxy) is 3. The van der Waals surface area contributed by atoms with Gasteiger partial charge in [0.05, 0.1) is 25.2 Å². The molecule has 0 spiro atoms. The molecule has 0 aromatic heterocycles. The topological polar surface area (TPSA) is 189 Å². The number of hydrogen-bond acceptors (Lipinski definition) is 10. The molecule has 5 N–H and O–H groups in total. The third kappa shape index (κ3) is 5.60. The zero-order valence-corrected chi connectivity index (χ0v) is 14.9. The lowest BCUT2D eigenvalue weighted by Crippen LogP contribution is -2.68. The molecule has 12 nitrogen and oxygen atoms in total. The molecule has 154 valence electrons. The van der Waals surface area contributed by atoms with E-state index in [-0.39, 0.29) is 0 Å². The number of amides is 1. The summed E-state index contributed by atoms with van der Waals surface area (Å²) >= 11 is 0. The van der Waals surface area contributed by atoms with E-state index in [0.717, 1.165) is 20.8 Å². The molecule has 6 atom stereocenters. The summed E-state index contributed by atoms with van der Waals surface area (Å²) in [7, 11) is 0. The molecule has 1 heterocycles. The number of carboxylic acid groups (broad SMARTS) is 1. The SMILES string of the molecule is CC(=O)N[C@H]1[C@H]([C@H](OC(C)=O)[C@H](O)CO)O[C@](OC(C)=O)(C(=O)O)C[C@@H]1O. The Kier molecular flexibility index (Phi) is 7.65. The maximum Gasteiger partial charge on any atom is 0.377 e. The highest BCUT2D eigenvalue weighted by Gasteiger charge is 2.58. The molecule has 27 heavy (non-hydrogen) atoms. The van der Waals surface area contributed by atoms with Crippen molar-refractivity contribution in [1.29, 1.82) is 0 Å². The average Bonchev–Trinajstić information content (AvgIpc) is 2.53. The fourth-order valence-corrected chi connectivity index (χ4v) is 2.79. The molecule has 1 aliphatic heterocycles. The zero-order valence-electron chi connectivity index (χ0n) is 14.9. The van der Waals surface area contributed by atoms with Gasteiger partial charge in [-0.3, -0.25) is 14.4 Å². The van der Waals surface area contributed by atoms with E-state index in [1.165, 1.54) is 0 Å². The van der Waals surface area contributed by atoms with Gasteiger partial charge in [-0.15, -0.1) is 0 Å². The summed E-state index contributed by atoms with van der Waals surface area (Å²) in [6.07, 6.45) is -7.46. The summed E-state index contributed by atoms with van der Waals surface area (Å²) in [6.45, 7) is 2.11. The van der Waals surface area contributed by atoms with Crippen molar-refractivity contribution < 1.29 is 53.8 Å². The van der Waals surface area contributed by atoms with Gasteiger partial charge in [0.2, 0.25) is 5.91 Å². The lowest BCUT2D eigenvalue weighted by atomic mass is 9.88.